The Kier molecular flexibility index (Phi) is 4.87. The van der Waals surface area contributed by atoms with E-state index >= 15 is 0 Å². The number of hydrogen-bond donors (Lipinski definition) is 1. The van der Waals surface area contributed by atoms with Crippen molar-refractivity contribution in [1.29, 1.82) is 0 Å². The molecule has 2 aromatic rings. The summed E-state index contributed by atoms with van der Waals surface area (Å²) < 4.78 is 19.3. The first kappa shape index (κ1) is 13.2. The molecule has 0 amide bonds. The van der Waals surface area contributed by atoms with Gasteiger partial charge in [-0.3, -0.25) is 0 Å². The summed E-state index contributed by atoms with van der Waals surface area (Å²) in [5, 5.41) is 2.04. The van der Waals surface area contributed by atoms with Gasteiger partial charge in [-0.15, -0.1) is 11.3 Å². The zero-order chi connectivity index (χ0) is 12.8. The molecule has 4 heteroatoms. The van der Waals surface area contributed by atoms with E-state index in [0.29, 0.717) is 24.3 Å². The maximum atomic E-state index is 13.8. The quantitative estimate of drug-likeness (QED) is 0.815. The molecular weight excluding hydrogens is 249 g/mol. The van der Waals surface area contributed by atoms with Gasteiger partial charge >= 0.3 is 0 Å². The summed E-state index contributed by atoms with van der Waals surface area (Å²) in [6.07, 6.45) is 0.871. The van der Waals surface area contributed by atoms with Gasteiger partial charge in [0.2, 0.25) is 0 Å². The van der Waals surface area contributed by atoms with Crippen LogP contribution in [0.15, 0.2) is 35.7 Å². The van der Waals surface area contributed by atoms with Gasteiger partial charge in [0.1, 0.15) is 5.82 Å². The summed E-state index contributed by atoms with van der Waals surface area (Å²) in [5.74, 6) is -0.240. The van der Waals surface area contributed by atoms with E-state index in [4.69, 9.17) is 10.5 Å². The minimum Gasteiger partial charge on any atom is -0.376 e. The molecule has 2 rings (SSSR count). The minimum atomic E-state index is -0.240. The Balaban J connectivity index is 1.83. The van der Waals surface area contributed by atoms with Crippen molar-refractivity contribution in [3.8, 4) is 0 Å². The SMILES string of the molecule is NCc1cccc(COCCc2cccs2)c1F. The molecule has 96 valence electrons. The topological polar surface area (TPSA) is 35.2 Å². The first-order valence-corrected chi connectivity index (χ1v) is 6.75. The summed E-state index contributed by atoms with van der Waals surface area (Å²) in [5.41, 5.74) is 6.57. The Morgan fingerprint density at radius 2 is 2.00 bits per heavy atom. The molecule has 0 aliphatic carbocycles. The van der Waals surface area contributed by atoms with E-state index in [1.165, 1.54) is 4.88 Å². The maximum absolute atomic E-state index is 13.8. The molecule has 2 N–H and O–H groups in total. The van der Waals surface area contributed by atoms with Crippen molar-refractivity contribution in [1.82, 2.24) is 0 Å². The summed E-state index contributed by atoms with van der Waals surface area (Å²) in [4.78, 5) is 1.28. The number of ether oxygens (including phenoxy) is 1. The van der Waals surface area contributed by atoms with Crippen LogP contribution in [0.3, 0.4) is 0 Å². The third-order valence-corrected chi connectivity index (χ3v) is 3.65. The third-order valence-electron chi connectivity index (χ3n) is 2.71. The van der Waals surface area contributed by atoms with Gasteiger partial charge in [-0.25, -0.2) is 4.39 Å². The van der Waals surface area contributed by atoms with Crippen LogP contribution in [0.5, 0.6) is 0 Å². The van der Waals surface area contributed by atoms with Gasteiger partial charge in [0.05, 0.1) is 13.2 Å². The van der Waals surface area contributed by atoms with E-state index in [0.717, 1.165) is 6.42 Å². The fraction of sp³-hybridized carbons (Fsp3) is 0.286. The summed E-state index contributed by atoms with van der Waals surface area (Å²) >= 11 is 1.71. The largest absolute Gasteiger partial charge is 0.376 e. The standard InChI is InChI=1S/C14H16FNOS/c15-14-11(9-16)3-1-4-12(14)10-17-7-6-13-5-2-8-18-13/h1-5,8H,6-7,9-10,16H2. The molecule has 0 saturated heterocycles. The lowest BCUT2D eigenvalue weighted by Gasteiger charge is -2.07. The van der Waals surface area contributed by atoms with Gasteiger partial charge in [-0.2, -0.15) is 0 Å². The van der Waals surface area contributed by atoms with Crippen molar-refractivity contribution in [2.24, 2.45) is 5.73 Å². The maximum Gasteiger partial charge on any atom is 0.133 e. The van der Waals surface area contributed by atoms with Crippen molar-refractivity contribution in [3.63, 3.8) is 0 Å². The van der Waals surface area contributed by atoms with Crippen LogP contribution in [0, 0.1) is 5.82 Å². The molecule has 0 atom stereocenters. The van der Waals surface area contributed by atoms with Gasteiger partial charge in [0.25, 0.3) is 0 Å². The van der Waals surface area contributed by atoms with Crippen LogP contribution in [0.4, 0.5) is 4.39 Å². The summed E-state index contributed by atoms with van der Waals surface area (Å²) in [6.45, 7) is 1.12. The Morgan fingerprint density at radius 3 is 2.72 bits per heavy atom. The molecule has 0 fully saturated rings. The van der Waals surface area contributed by atoms with Gasteiger partial charge in [0.15, 0.2) is 0 Å². The molecule has 0 radical (unpaired) electrons. The van der Waals surface area contributed by atoms with Gasteiger partial charge in [0, 0.05) is 29.0 Å². The molecule has 1 aromatic carbocycles. The molecule has 0 spiro atoms. The van der Waals surface area contributed by atoms with Crippen molar-refractivity contribution in [3.05, 3.63) is 57.5 Å². The summed E-state index contributed by atoms with van der Waals surface area (Å²) in [7, 11) is 0. The zero-order valence-electron chi connectivity index (χ0n) is 10.1. The van der Waals surface area contributed by atoms with Crippen LogP contribution >= 0.6 is 11.3 Å². The fourth-order valence-corrected chi connectivity index (χ4v) is 2.40. The minimum absolute atomic E-state index is 0.217. The third kappa shape index (κ3) is 3.38. The lowest BCUT2D eigenvalue weighted by molar-refractivity contribution is 0.121. The van der Waals surface area contributed by atoms with Crippen LogP contribution in [0.2, 0.25) is 0 Å². The van der Waals surface area contributed by atoms with Gasteiger partial charge in [-0.1, -0.05) is 24.3 Å². The monoisotopic (exact) mass is 265 g/mol. The van der Waals surface area contributed by atoms with E-state index in [-0.39, 0.29) is 12.4 Å². The van der Waals surface area contributed by atoms with Crippen LogP contribution < -0.4 is 5.73 Å². The molecule has 1 aromatic heterocycles. The van der Waals surface area contributed by atoms with Crippen molar-refractivity contribution in [2.75, 3.05) is 6.61 Å². The second-order valence-corrected chi connectivity index (χ2v) is 5.01. The Labute approximate surface area is 110 Å². The second-order valence-electron chi connectivity index (χ2n) is 3.98. The lowest BCUT2D eigenvalue weighted by Crippen LogP contribution is -2.05. The number of nitrogens with two attached hydrogens (primary N) is 1. The van der Waals surface area contributed by atoms with Gasteiger partial charge in [-0.05, 0) is 11.4 Å². The van der Waals surface area contributed by atoms with E-state index in [9.17, 15) is 4.39 Å². The zero-order valence-corrected chi connectivity index (χ0v) is 10.9. The van der Waals surface area contributed by atoms with E-state index in [2.05, 4.69) is 6.07 Å². The number of halogens is 1. The molecule has 0 bridgehead atoms. The molecule has 1 heterocycles. The van der Waals surface area contributed by atoms with E-state index < -0.39 is 0 Å². The predicted octanol–water partition coefficient (Wildman–Crippen LogP) is 3.11. The first-order valence-electron chi connectivity index (χ1n) is 5.87. The fourth-order valence-electron chi connectivity index (χ4n) is 1.71. The average molecular weight is 265 g/mol. The van der Waals surface area contributed by atoms with Crippen molar-refractivity contribution < 1.29 is 9.13 Å². The molecule has 0 aliphatic heterocycles. The molecule has 0 aliphatic rings. The first-order chi connectivity index (χ1) is 8.81. The highest BCUT2D eigenvalue weighted by atomic mass is 32.1. The Bertz CT molecular complexity index is 485. The van der Waals surface area contributed by atoms with Crippen LogP contribution in [0.25, 0.3) is 0 Å². The van der Waals surface area contributed by atoms with Crippen molar-refractivity contribution >= 4 is 11.3 Å². The molecule has 18 heavy (non-hydrogen) atoms. The highest BCUT2D eigenvalue weighted by Gasteiger charge is 2.06. The van der Waals surface area contributed by atoms with E-state index in [1.54, 1.807) is 23.5 Å². The normalized spacial score (nSPS) is 10.8. The Morgan fingerprint density at radius 1 is 1.17 bits per heavy atom. The number of rotatable bonds is 6. The van der Waals surface area contributed by atoms with Crippen molar-refractivity contribution in [2.45, 2.75) is 19.6 Å². The predicted molar refractivity (Wildman–Crippen MR) is 72.0 cm³/mol. The molecular formula is C14H16FNOS. The highest BCUT2D eigenvalue weighted by molar-refractivity contribution is 7.09. The number of hydrogen-bond acceptors (Lipinski definition) is 3. The second kappa shape index (κ2) is 6.64. The van der Waals surface area contributed by atoms with E-state index in [1.807, 2.05) is 17.5 Å². The lowest BCUT2D eigenvalue weighted by atomic mass is 10.1. The summed E-state index contributed by atoms with van der Waals surface area (Å²) in [6, 6.07) is 9.33. The van der Waals surface area contributed by atoms with Crippen LogP contribution in [-0.4, -0.2) is 6.61 Å². The molecule has 2 nitrogen and oxygen atoms in total. The Hall–Kier alpha value is -1.23. The number of thiophene rings is 1. The molecule has 0 saturated carbocycles. The highest BCUT2D eigenvalue weighted by Crippen LogP contribution is 2.14. The van der Waals surface area contributed by atoms with Crippen LogP contribution in [-0.2, 0) is 24.3 Å². The number of benzene rings is 1. The van der Waals surface area contributed by atoms with Gasteiger partial charge < -0.3 is 10.5 Å². The molecule has 0 unspecified atom stereocenters. The van der Waals surface area contributed by atoms with Crippen LogP contribution in [0.1, 0.15) is 16.0 Å². The average Bonchev–Trinajstić information content (AvgIpc) is 2.89. The smallest absolute Gasteiger partial charge is 0.133 e.